The number of fused-ring (bicyclic) bond motifs is 1. The van der Waals surface area contributed by atoms with E-state index in [0.29, 0.717) is 16.5 Å². The van der Waals surface area contributed by atoms with E-state index in [1.165, 1.54) is 11.8 Å². The summed E-state index contributed by atoms with van der Waals surface area (Å²) in [5, 5.41) is 18.9. The number of carbonyl (C=O) groups excluding carboxylic acids is 2. The van der Waals surface area contributed by atoms with Gasteiger partial charge in [-0.3, -0.25) is 14.5 Å². The Morgan fingerprint density at radius 1 is 1.06 bits per heavy atom. The molecule has 1 aromatic heterocycles. The number of carbonyl (C=O) groups is 3. The summed E-state index contributed by atoms with van der Waals surface area (Å²) in [6.45, 7) is -0.566. The molecule has 0 aliphatic carbocycles. The fraction of sp³-hybridized carbons (Fsp3) is 0.212. The maximum absolute atomic E-state index is 15.2. The van der Waals surface area contributed by atoms with Crippen molar-refractivity contribution < 1.29 is 28.7 Å². The van der Waals surface area contributed by atoms with Crippen molar-refractivity contribution in [2.45, 2.75) is 23.1 Å². The van der Waals surface area contributed by atoms with Crippen molar-refractivity contribution in [2.24, 2.45) is 5.16 Å². The predicted octanol–water partition coefficient (Wildman–Crippen LogP) is 4.93. The fourth-order valence-corrected chi connectivity index (χ4v) is 7.95. The molecule has 0 spiro atoms. The molecule has 0 radical (unpaired) electrons. The third kappa shape index (κ3) is 6.50. The minimum absolute atomic E-state index is 0.0220. The van der Waals surface area contributed by atoms with Crippen molar-refractivity contribution in [3.05, 3.63) is 125 Å². The highest BCUT2D eigenvalue weighted by Gasteiger charge is 2.54. The molecule has 11 nitrogen and oxygen atoms in total. The Morgan fingerprint density at radius 2 is 1.65 bits per heavy atom. The molecule has 1 unspecified atom stereocenters. The van der Waals surface area contributed by atoms with Crippen LogP contribution in [-0.4, -0.2) is 73.0 Å². The van der Waals surface area contributed by atoms with Crippen LogP contribution in [0.2, 0.25) is 0 Å². The third-order valence-corrected chi connectivity index (χ3v) is 10.1. The van der Waals surface area contributed by atoms with Gasteiger partial charge in [0.05, 0.1) is 0 Å². The molecule has 2 amide bonds. The Kier molecular flexibility index (Phi) is 10.0. The van der Waals surface area contributed by atoms with Crippen molar-refractivity contribution in [3.63, 3.8) is 0 Å². The Bertz CT molecular complexity index is 1750. The van der Waals surface area contributed by atoms with Crippen molar-refractivity contribution >= 4 is 64.0 Å². The van der Waals surface area contributed by atoms with E-state index >= 15 is 4.39 Å². The van der Waals surface area contributed by atoms with Crippen LogP contribution in [0.3, 0.4) is 0 Å². The number of rotatable bonds is 13. The summed E-state index contributed by atoms with van der Waals surface area (Å²) in [6, 6.07) is 28.7. The van der Waals surface area contributed by atoms with Crippen molar-refractivity contribution in [2.75, 3.05) is 23.6 Å². The van der Waals surface area contributed by atoms with Crippen LogP contribution >= 0.6 is 34.9 Å². The van der Waals surface area contributed by atoms with Crippen LogP contribution < -0.4 is 10.6 Å². The van der Waals surface area contributed by atoms with Crippen LogP contribution in [-0.2, 0) is 24.8 Å². The standard InChI is InChI=1S/C33H28ClFN6O5S2/c34-16-20-19-47-30-26(29(43)41(30)27(20)31(44)45)37-25(42)17-36-46-18-24(35)28-38-32(48-40-28)39-33(21-10-4-1-5-11-21,22-12-6-2-7-13-22)23-14-8-3-9-15-23/h1-15,17,24,26,30H,16,18-19H2,(H,37,42)(H,44,45)(H,38,39,40)/b36-17-/t24?,26-,30-/m1/s1. The molecule has 1 fully saturated rings. The number of nitrogens with one attached hydrogen (secondary N) is 2. The van der Waals surface area contributed by atoms with Crippen LogP contribution in [0.4, 0.5) is 9.52 Å². The quantitative estimate of drug-likeness (QED) is 0.0579. The van der Waals surface area contributed by atoms with Gasteiger partial charge in [0.25, 0.3) is 11.8 Å². The predicted molar refractivity (Wildman–Crippen MR) is 181 cm³/mol. The fourth-order valence-electron chi connectivity index (χ4n) is 5.60. The summed E-state index contributed by atoms with van der Waals surface area (Å²) < 4.78 is 19.4. The molecule has 2 aliphatic heterocycles. The van der Waals surface area contributed by atoms with Crippen LogP contribution in [0.25, 0.3) is 0 Å². The zero-order chi connectivity index (χ0) is 33.7. The van der Waals surface area contributed by atoms with Gasteiger partial charge in [-0.1, -0.05) is 96.2 Å². The monoisotopic (exact) mass is 706 g/mol. The lowest BCUT2D eigenvalue weighted by atomic mass is 9.77. The van der Waals surface area contributed by atoms with E-state index in [1.54, 1.807) is 0 Å². The number of nitrogens with zero attached hydrogens (tertiary/aromatic N) is 4. The van der Waals surface area contributed by atoms with Gasteiger partial charge in [-0.15, -0.1) is 23.4 Å². The normalized spacial score (nSPS) is 18.2. The number of halogens is 2. The molecule has 3 N–H and O–H groups in total. The van der Waals surface area contributed by atoms with Gasteiger partial charge in [0.2, 0.25) is 5.13 Å². The Hall–Kier alpha value is -4.79. The average molecular weight is 707 g/mol. The van der Waals surface area contributed by atoms with Crippen LogP contribution in [0.15, 0.2) is 107 Å². The summed E-state index contributed by atoms with van der Waals surface area (Å²) in [5.74, 6) is -2.41. The lowest BCUT2D eigenvalue weighted by Gasteiger charge is -2.49. The number of benzene rings is 3. The van der Waals surface area contributed by atoms with E-state index in [1.807, 2.05) is 91.0 Å². The highest BCUT2D eigenvalue weighted by Crippen LogP contribution is 2.42. The molecular formula is C33H28ClFN6O5S2. The van der Waals surface area contributed by atoms with Crippen LogP contribution in [0.1, 0.15) is 28.7 Å². The molecule has 0 saturated carbocycles. The number of carboxylic acids is 1. The Labute approximate surface area is 288 Å². The molecule has 1 saturated heterocycles. The van der Waals surface area contributed by atoms with Gasteiger partial charge >= 0.3 is 5.97 Å². The molecular weight excluding hydrogens is 679 g/mol. The van der Waals surface area contributed by atoms with Gasteiger partial charge in [0, 0.05) is 23.2 Å². The van der Waals surface area contributed by atoms with Gasteiger partial charge in [0.15, 0.2) is 18.6 Å². The number of hydrogen-bond acceptors (Lipinski definition) is 10. The summed E-state index contributed by atoms with van der Waals surface area (Å²) in [7, 11) is 0. The van der Waals surface area contributed by atoms with Crippen molar-refractivity contribution in [1.29, 1.82) is 0 Å². The molecule has 3 atom stereocenters. The maximum Gasteiger partial charge on any atom is 0.352 e. The van der Waals surface area contributed by atoms with Gasteiger partial charge in [-0.05, 0) is 22.3 Å². The zero-order valence-corrected chi connectivity index (χ0v) is 27.4. The second-order valence-corrected chi connectivity index (χ2v) is 12.8. The highest BCUT2D eigenvalue weighted by molar-refractivity contribution is 8.00. The number of aliphatic carboxylic acids is 1. The number of amides is 2. The first-order valence-electron chi connectivity index (χ1n) is 14.7. The number of carboxylic acid groups (broad SMARTS) is 1. The van der Waals surface area contributed by atoms with Crippen LogP contribution in [0, 0.1) is 0 Å². The maximum atomic E-state index is 15.2. The van der Waals surface area contributed by atoms with Crippen molar-refractivity contribution in [3.8, 4) is 0 Å². The molecule has 246 valence electrons. The summed E-state index contributed by atoms with van der Waals surface area (Å²) in [5.41, 5.74) is 2.25. The first-order chi connectivity index (χ1) is 23.3. The average Bonchev–Trinajstić information content (AvgIpc) is 3.60. The zero-order valence-electron chi connectivity index (χ0n) is 25.0. The lowest BCUT2D eigenvalue weighted by molar-refractivity contribution is -0.150. The molecule has 3 aromatic carbocycles. The van der Waals surface area contributed by atoms with E-state index in [-0.39, 0.29) is 17.4 Å². The number of hydrogen-bond donors (Lipinski definition) is 3. The molecule has 6 rings (SSSR count). The smallest absolute Gasteiger partial charge is 0.352 e. The van der Waals surface area contributed by atoms with E-state index in [0.717, 1.165) is 39.3 Å². The molecule has 4 aromatic rings. The minimum atomic E-state index is -1.76. The van der Waals surface area contributed by atoms with E-state index in [2.05, 4.69) is 25.1 Å². The number of anilines is 1. The molecule has 48 heavy (non-hydrogen) atoms. The lowest BCUT2D eigenvalue weighted by Crippen LogP contribution is -2.70. The number of oxime groups is 1. The van der Waals surface area contributed by atoms with Gasteiger partial charge < -0.3 is 20.6 Å². The van der Waals surface area contributed by atoms with E-state index < -0.39 is 47.5 Å². The third-order valence-electron chi connectivity index (χ3n) is 7.81. The summed E-state index contributed by atoms with van der Waals surface area (Å²) in [6.07, 6.45) is -0.974. The Morgan fingerprint density at radius 3 is 2.19 bits per heavy atom. The van der Waals surface area contributed by atoms with Gasteiger partial charge in [0.1, 0.15) is 28.9 Å². The summed E-state index contributed by atoms with van der Waals surface area (Å²) >= 11 is 8.14. The number of aromatic nitrogens is 2. The molecule has 3 heterocycles. The SMILES string of the molecule is O=C(/C=N\OCC(F)c1nsc(NC(c2ccccc2)(c2ccccc2)c2ccccc2)n1)N[C@@H]1C(=O)N2C(C(=O)O)=C(CCl)CS[C@H]12. The Balaban J connectivity index is 1.10. The number of thioether (sulfide) groups is 1. The van der Waals surface area contributed by atoms with Crippen LogP contribution in [0.5, 0.6) is 0 Å². The van der Waals surface area contributed by atoms with Gasteiger partial charge in [-0.2, -0.15) is 4.37 Å². The highest BCUT2D eigenvalue weighted by atomic mass is 35.5. The molecule has 2 aliphatic rings. The van der Waals surface area contributed by atoms with Gasteiger partial charge in [-0.25, -0.2) is 14.2 Å². The van der Waals surface area contributed by atoms with Crippen molar-refractivity contribution in [1.82, 2.24) is 19.6 Å². The number of β-lactam (4-membered cyclic amide) rings is 1. The summed E-state index contributed by atoms with van der Waals surface area (Å²) in [4.78, 5) is 47.3. The first-order valence-corrected chi connectivity index (χ1v) is 17.0. The van der Waals surface area contributed by atoms with E-state index in [9.17, 15) is 19.5 Å². The molecule has 0 bridgehead atoms. The number of alkyl halides is 2. The second-order valence-electron chi connectivity index (χ2n) is 10.7. The largest absolute Gasteiger partial charge is 0.477 e. The minimum Gasteiger partial charge on any atom is -0.477 e. The first kappa shape index (κ1) is 33.1. The second kappa shape index (κ2) is 14.5. The molecule has 15 heteroatoms. The van der Waals surface area contributed by atoms with E-state index in [4.69, 9.17) is 16.4 Å². The topological polar surface area (TPSA) is 146 Å².